The minimum absolute atomic E-state index is 0.101. The molecule has 0 aliphatic rings. The highest BCUT2D eigenvalue weighted by Gasteiger charge is 2.19. The number of hydrogen-bond donors (Lipinski definition) is 2. The minimum atomic E-state index is -0.877. The second-order valence-electron chi connectivity index (χ2n) is 7.04. The van der Waals surface area contributed by atoms with Crippen molar-refractivity contribution >= 4 is 18.3 Å². The number of nitrogens with one attached hydrogen (secondary N) is 1. The fourth-order valence-corrected chi connectivity index (χ4v) is 3.02. The van der Waals surface area contributed by atoms with Crippen LogP contribution in [-0.2, 0) is 4.79 Å². The Morgan fingerprint density at radius 3 is 2.50 bits per heavy atom. The SMILES string of the molecule is C=C/C(F)=C(/C=C\c1c(NC=O)nc(C)nc1-c1cc(C(C)N)cc(F)c1C)C(\F)=C/C. The van der Waals surface area contributed by atoms with Crippen molar-refractivity contribution in [2.24, 2.45) is 5.73 Å². The molecule has 5 nitrogen and oxygen atoms in total. The third-order valence-corrected chi connectivity index (χ3v) is 4.76. The molecule has 0 saturated heterocycles. The molecule has 8 heteroatoms. The average Bonchev–Trinajstić information content (AvgIpc) is 2.76. The zero-order chi connectivity index (χ0) is 24.0. The topological polar surface area (TPSA) is 80.9 Å². The van der Waals surface area contributed by atoms with Crippen molar-refractivity contribution in [2.75, 3.05) is 5.32 Å². The molecule has 0 saturated carbocycles. The van der Waals surface area contributed by atoms with E-state index in [1.54, 1.807) is 26.8 Å². The number of nitrogens with two attached hydrogens (primary N) is 1. The summed E-state index contributed by atoms with van der Waals surface area (Å²) in [7, 11) is 0. The fraction of sp³-hybridized carbons (Fsp3) is 0.208. The predicted molar refractivity (Wildman–Crippen MR) is 121 cm³/mol. The monoisotopic (exact) mass is 442 g/mol. The van der Waals surface area contributed by atoms with E-state index in [4.69, 9.17) is 5.73 Å². The molecule has 0 aliphatic carbocycles. The van der Waals surface area contributed by atoms with Crippen LogP contribution < -0.4 is 11.1 Å². The van der Waals surface area contributed by atoms with E-state index in [0.29, 0.717) is 28.9 Å². The predicted octanol–water partition coefficient (Wildman–Crippen LogP) is 5.78. The normalized spacial score (nSPS) is 13.7. The Labute approximate surface area is 185 Å². The number of benzene rings is 1. The first-order valence-corrected chi connectivity index (χ1v) is 9.81. The molecule has 1 unspecified atom stereocenters. The number of carbonyl (C=O) groups excluding carboxylic acids is 1. The van der Waals surface area contributed by atoms with Gasteiger partial charge in [-0.05, 0) is 69.2 Å². The number of carbonyl (C=O) groups is 1. The first-order chi connectivity index (χ1) is 15.1. The molecular weight excluding hydrogens is 417 g/mol. The highest BCUT2D eigenvalue weighted by atomic mass is 19.1. The highest BCUT2D eigenvalue weighted by Crippen LogP contribution is 2.34. The van der Waals surface area contributed by atoms with E-state index in [1.807, 2.05) is 0 Å². The summed E-state index contributed by atoms with van der Waals surface area (Å²) in [5.41, 5.74) is 7.36. The van der Waals surface area contributed by atoms with Crippen molar-refractivity contribution < 1.29 is 18.0 Å². The molecule has 0 spiro atoms. The van der Waals surface area contributed by atoms with Gasteiger partial charge in [0.15, 0.2) is 0 Å². The van der Waals surface area contributed by atoms with Gasteiger partial charge >= 0.3 is 0 Å². The van der Waals surface area contributed by atoms with Crippen LogP contribution in [0.15, 0.2) is 54.2 Å². The largest absolute Gasteiger partial charge is 0.324 e. The lowest BCUT2D eigenvalue weighted by molar-refractivity contribution is -0.105. The molecule has 1 heterocycles. The van der Waals surface area contributed by atoms with Crippen molar-refractivity contribution in [2.45, 2.75) is 33.7 Å². The Morgan fingerprint density at radius 2 is 1.94 bits per heavy atom. The van der Waals surface area contributed by atoms with Crippen LogP contribution in [0.3, 0.4) is 0 Å². The van der Waals surface area contributed by atoms with Crippen molar-refractivity contribution in [3.63, 3.8) is 0 Å². The Morgan fingerprint density at radius 1 is 1.25 bits per heavy atom. The number of aromatic nitrogens is 2. The molecule has 1 amide bonds. The zero-order valence-corrected chi connectivity index (χ0v) is 18.3. The van der Waals surface area contributed by atoms with Gasteiger partial charge in [-0.15, -0.1) is 0 Å². The molecule has 1 aromatic carbocycles. The maximum absolute atomic E-state index is 14.7. The van der Waals surface area contributed by atoms with Gasteiger partial charge in [0.25, 0.3) is 0 Å². The lowest BCUT2D eigenvalue weighted by Gasteiger charge is -2.16. The molecule has 0 radical (unpaired) electrons. The van der Waals surface area contributed by atoms with Crippen LogP contribution in [-0.4, -0.2) is 16.4 Å². The molecular formula is C24H25F3N4O. The second-order valence-corrected chi connectivity index (χ2v) is 7.04. The van der Waals surface area contributed by atoms with Crippen LogP contribution in [0.5, 0.6) is 0 Å². The number of amides is 1. The van der Waals surface area contributed by atoms with Gasteiger partial charge in [-0.25, -0.2) is 23.1 Å². The smallest absolute Gasteiger partial charge is 0.212 e. The summed E-state index contributed by atoms with van der Waals surface area (Å²) in [6.45, 7) is 9.65. The van der Waals surface area contributed by atoms with Gasteiger partial charge in [0.1, 0.15) is 29.1 Å². The van der Waals surface area contributed by atoms with Gasteiger partial charge in [0, 0.05) is 22.7 Å². The zero-order valence-electron chi connectivity index (χ0n) is 18.3. The summed E-state index contributed by atoms with van der Waals surface area (Å²) in [6, 6.07) is 2.60. The van der Waals surface area contributed by atoms with Crippen molar-refractivity contribution in [1.29, 1.82) is 0 Å². The molecule has 0 fully saturated rings. The summed E-state index contributed by atoms with van der Waals surface area (Å²) in [5.74, 6) is -1.76. The molecule has 2 rings (SSSR count). The van der Waals surface area contributed by atoms with Gasteiger partial charge in [-0.2, -0.15) is 0 Å². The Hall–Kier alpha value is -3.52. The summed E-state index contributed by atoms with van der Waals surface area (Å²) in [5, 5.41) is 2.47. The van der Waals surface area contributed by atoms with E-state index in [9.17, 15) is 18.0 Å². The summed E-state index contributed by atoms with van der Waals surface area (Å²) >= 11 is 0. The van der Waals surface area contributed by atoms with Crippen molar-refractivity contribution in [1.82, 2.24) is 9.97 Å². The number of rotatable bonds is 8. The van der Waals surface area contributed by atoms with Gasteiger partial charge in [-0.1, -0.05) is 12.7 Å². The van der Waals surface area contributed by atoms with Crippen LogP contribution in [0, 0.1) is 19.7 Å². The standard InChI is InChI=1S/C24H25F3N4O/c1-6-20(25)17(21(26)7-2)8-9-18-23(30-15(5)31-24(18)29-12-32)19-10-16(14(4)28)11-22(27)13(19)3/h6-12,14H,1,28H2,2-5H3,(H,29,30,31,32)/b9-8-,20-17+,21-7+. The minimum Gasteiger partial charge on any atom is -0.324 e. The first kappa shape index (κ1) is 24.7. The molecule has 168 valence electrons. The number of hydrogen-bond acceptors (Lipinski definition) is 4. The van der Waals surface area contributed by atoms with Crippen LogP contribution in [0.2, 0.25) is 0 Å². The van der Waals surface area contributed by atoms with E-state index in [2.05, 4.69) is 21.9 Å². The third kappa shape index (κ3) is 5.39. The van der Waals surface area contributed by atoms with Gasteiger partial charge in [-0.3, -0.25) is 4.79 Å². The summed E-state index contributed by atoms with van der Waals surface area (Å²) < 4.78 is 43.1. The number of allylic oxidation sites excluding steroid dienone is 6. The lowest BCUT2D eigenvalue weighted by atomic mass is 9.95. The number of anilines is 1. The summed E-state index contributed by atoms with van der Waals surface area (Å²) in [4.78, 5) is 19.8. The van der Waals surface area contributed by atoms with E-state index >= 15 is 0 Å². The molecule has 1 aromatic heterocycles. The van der Waals surface area contributed by atoms with E-state index in [1.165, 1.54) is 25.1 Å². The van der Waals surface area contributed by atoms with E-state index < -0.39 is 23.5 Å². The average molecular weight is 442 g/mol. The second kappa shape index (κ2) is 10.7. The molecule has 1 atom stereocenters. The molecule has 32 heavy (non-hydrogen) atoms. The van der Waals surface area contributed by atoms with Crippen LogP contribution in [0.4, 0.5) is 19.0 Å². The molecule has 0 bridgehead atoms. The quantitative estimate of drug-likeness (QED) is 0.401. The Balaban J connectivity index is 2.88. The van der Waals surface area contributed by atoms with Crippen molar-refractivity contribution in [3.8, 4) is 11.3 Å². The number of halogens is 3. The van der Waals surface area contributed by atoms with Gasteiger partial charge in [0.2, 0.25) is 6.41 Å². The molecule has 0 aliphatic heterocycles. The fourth-order valence-electron chi connectivity index (χ4n) is 3.02. The van der Waals surface area contributed by atoms with Gasteiger partial charge in [0.05, 0.1) is 5.69 Å². The number of aryl methyl sites for hydroxylation is 1. The first-order valence-electron chi connectivity index (χ1n) is 9.81. The van der Waals surface area contributed by atoms with Crippen LogP contribution in [0.1, 0.15) is 42.4 Å². The van der Waals surface area contributed by atoms with E-state index in [-0.39, 0.29) is 22.6 Å². The van der Waals surface area contributed by atoms with Crippen LogP contribution >= 0.6 is 0 Å². The lowest BCUT2D eigenvalue weighted by Crippen LogP contribution is -2.09. The van der Waals surface area contributed by atoms with Crippen LogP contribution in [0.25, 0.3) is 17.3 Å². The highest BCUT2D eigenvalue weighted by molar-refractivity contribution is 5.85. The number of nitrogens with zero attached hydrogens (tertiary/aromatic N) is 2. The van der Waals surface area contributed by atoms with Gasteiger partial charge < -0.3 is 11.1 Å². The third-order valence-electron chi connectivity index (χ3n) is 4.76. The molecule has 3 N–H and O–H groups in total. The Kier molecular flexibility index (Phi) is 8.26. The van der Waals surface area contributed by atoms with E-state index in [0.717, 1.165) is 12.2 Å². The maximum Gasteiger partial charge on any atom is 0.212 e. The van der Waals surface area contributed by atoms with Crippen molar-refractivity contribution in [3.05, 3.63) is 82.5 Å². The Bertz CT molecular complexity index is 1130. The maximum atomic E-state index is 14.7. The molecule has 2 aromatic rings. The summed E-state index contributed by atoms with van der Waals surface area (Å²) in [6.07, 6.45) is 4.94.